The van der Waals surface area contributed by atoms with Crippen LogP contribution in [0.4, 0.5) is 10.5 Å². The first-order chi connectivity index (χ1) is 7.95. The number of urea groups is 1. The molecule has 0 fully saturated rings. The lowest BCUT2D eigenvalue weighted by Crippen LogP contribution is -2.24. The number of nitrogens with two attached hydrogens (primary N) is 1. The molecule has 1 rings (SSSR count). The van der Waals surface area contributed by atoms with E-state index in [0.717, 1.165) is 6.42 Å². The summed E-state index contributed by atoms with van der Waals surface area (Å²) in [5.74, 6) is 0. The number of carbonyl (C=O) groups excluding carboxylic acids is 1. The fourth-order valence-electron chi connectivity index (χ4n) is 1.18. The molecule has 1 aromatic rings. The quantitative estimate of drug-likeness (QED) is 0.729. The zero-order valence-electron chi connectivity index (χ0n) is 9.43. The third-order valence-corrected chi connectivity index (χ3v) is 3.45. The molecule has 94 valence electrons. The highest BCUT2D eigenvalue weighted by atomic mass is 32.2. The number of rotatable bonds is 5. The van der Waals surface area contributed by atoms with E-state index in [1.54, 1.807) is 0 Å². The Labute approximate surface area is 100 Å². The zero-order chi connectivity index (χ0) is 12.9. The van der Waals surface area contributed by atoms with Crippen molar-refractivity contribution in [2.75, 3.05) is 11.9 Å². The van der Waals surface area contributed by atoms with E-state index in [0.29, 0.717) is 12.2 Å². The molecule has 0 aliphatic heterocycles. The van der Waals surface area contributed by atoms with Gasteiger partial charge in [-0.05, 0) is 30.7 Å². The van der Waals surface area contributed by atoms with Crippen molar-refractivity contribution in [3.63, 3.8) is 0 Å². The van der Waals surface area contributed by atoms with Crippen molar-refractivity contribution in [1.82, 2.24) is 4.72 Å². The van der Waals surface area contributed by atoms with Gasteiger partial charge >= 0.3 is 6.03 Å². The lowest BCUT2D eigenvalue weighted by atomic mass is 10.3. The van der Waals surface area contributed by atoms with Gasteiger partial charge in [0, 0.05) is 12.2 Å². The van der Waals surface area contributed by atoms with E-state index in [1.807, 2.05) is 6.92 Å². The summed E-state index contributed by atoms with van der Waals surface area (Å²) in [5.41, 5.74) is 5.38. The molecule has 0 radical (unpaired) electrons. The minimum absolute atomic E-state index is 0.154. The number of amides is 2. The van der Waals surface area contributed by atoms with Crippen LogP contribution in [-0.2, 0) is 10.0 Å². The van der Waals surface area contributed by atoms with Crippen LogP contribution in [0.5, 0.6) is 0 Å². The maximum Gasteiger partial charge on any atom is 0.316 e. The Morgan fingerprint density at radius 3 is 2.35 bits per heavy atom. The molecule has 0 bridgehead atoms. The molecule has 0 aromatic heterocycles. The average Bonchev–Trinajstić information content (AvgIpc) is 2.26. The van der Waals surface area contributed by atoms with Gasteiger partial charge in [0.1, 0.15) is 0 Å². The summed E-state index contributed by atoms with van der Waals surface area (Å²) in [4.78, 5) is 10.7. The number of benzene rings is 1. The second-order valence-corrected chi connectivity index (χ2v) is 5.18. The number of carbonyl (C=O) groups is 1. The fourth-order valence-corrected chi connectivity index (χ4v) is 2.31. The largest absolute Gasteiger partial charge is 0.351 e. The summed E-state index contributed by atoms with van der Waals surface area (Å²) in [5, 5.41) is 2.35. The summed E-state index contributed by atoms with van der Waals surface area (Å²) < 4.78 is 25.8. The van der Waals surface area contributed by atoms with Crippen LogP contribution in [0.3, 0.4) is 0 Å². The molecule has 4 N–H and O–H groups in total. The Balaban J connectivity index is 2.83. The number of anilines is 1. The van der Waals surface area contributed by atoms with Crippen molar-refractivity contribution in [3.8, 4) is 0 Å². The molecule has 0 spiro atoms. The third-order valence-electron chi connectivity index (χ3n) is 1.97. The van der Waals surface area contributed by atoms with Crippen LogP contribution in [0.2, 0.25) is 0 Å². The van der Waals surface area contributed by atoms with Gasteiger partial charge < -0.3 is 11.1 Å². The molecular formula is C10H15N3O3S. The number of hydrogen-bond donors (Lipinski definition) is 3. The van der Waals surface area contributed by atoms with E-state index < -0.39 is 16.1 Å². The van der Waals surface area contributed by atoms with Gasteiger partial charge in [0.05, 0.1) is 4.90 Å². The summed E-state index contributed by atoms with van der Waals surface area (Å²) in [6, 6.07) is 5.08. The highest BCUT2D eigenvalue weighted by molar-refractivity contribution is 7.89. The molecule has 0 heterocycles. The molecule has 0 saturated heterocycles. The summed E-state index contributed by atoms with van der Waals surface area (Å²) in [6.45, 7) is 2.27. The molecule has 17 heavy (non-hydrogen) atoms. The normalized spacial score (nSPS) is 11.1. The van der Waals surface area contributed by atoms with E-state index in [-0.39, 0.29) is 4.90 Å². The van der Waals surface area contributed by atoms with Crippen LogP contribution < -0.4 is 15.8 Å². The smallest absolute Gasteiger partial charge is 0.316 e. The molecule has 0 aliphatic rings. The molecule has 0 aliphatic carbocycles. The summed E-state index contributed by atoms with van der Waals surface area (Å²) in [6.07, 6.45) is 0.723. The van der Waals surface area contributed by atoms with Crippen LogP contribution in [-0.4, -0.2) is 21.0 Å². The van der Waals surface area contributed by atoms with Gasteiger partial charge in [0.15, 0.2) is 0 Å². The average molecular weight is 257 g/mol. The minimum Gasteiger partial charge on any atom is -0.351 e. The van der Waals surface area contributed by atoms with Gasteiger partial charge in [0.25, 0.3) is 0 Å². The topological polar surface area (TPSA) is 101 Å². The van der Waals surface area contributed by atoms with E-state index in [4.69, 9.17) is 5.73 Å². The maximum atomic E-state index is 11.7. The van der Waals surface area contributed by atoms with Crippen LogP contribution >= 0.6 is 0 Å². The second kappa shape index (κ2) is 5.65. The SMILES string of the molecule is CCCNS(=O)(=O)c1ccc(NC(N)=O)cc1. The van der Waals surface area contributed by atoms with Crippen molar-refractivity contribution in [3.05, 3.63) is 24.3 Å². The maximum absolute atomic E-state index is 11.7. The van der Waals surface area contributed by atoms with Crippen LogP contribution in [0.25, 0.3) is 0 Å². The zero-order valence-corrected chi connectivity index (χ0v) is 10.3. The van der Waals surface area contributed by atoms with Gasteiger partial charge in [-0.25, -0.2) is 17.9 Å². The molecule has 6 nitrogen and oxygen atoms in total. The highest BCUT2D eigenvalue weighted by Crippen LogP contribution is 2.13. The van der Waals surface area contributed by atoms with Crippen molar-refractivity contribution in [2.45, 2.75) is 18.2 Å². The standard InChI is InChI=1S/C10H15N3O3S/c1-2-7-12-17(15,16)9-5-3-8(4-6-9)13-10(11)14/h3-6,12H,2,7H2,1H3,(H3,11,13,14). The first kappa shape index (κ1) is 13.5. The molecule has 0 unspecified atom stereocenters. The lowest BCUT2D eigenvalue weighted by molar-refractivity contribution is 0.259. The molecule has 0 atom stereocenters. The van der Waals surface area contributed by atoms with Crippen molar-refractivity contribution in [1.29, 1.82) is 0 Å². The molecule has 7 heteroatoms. The fraction of sp³-hybridized carbons (Fsp3) is 0.300. The second-order valence-electron chi connectivity index (χ2n) is 3.41. The predicted octanol–water partition coefficient (Wildman–Crippen LogP) is 0.866. The molecule has 2 amide bonds. The number of hydrogen-bond acceptors (Lipinski definition) is 3. The van der Waals surface area contributed by atoms with E-state index in [9.17, 15) is 13.2 Å². The Morgan fingerprint density at radius 1 is 1.29 bits per heavy atom. The Morgan fingerprint density at radius 2 is 1.88 bits per heavy atom. The van der Waals surface area contributed by atoms with Crippen LogP contribution in [0, 0.1) is 0 Å². The molecule has 1 aromatic carbocycles. The van der Waals surface area contributed by atoms with Gasteiger partial charge in [-0.1, -0.05) is 6.92 Å². The monoisotopic (exact) mass is 257 g/mol. The minimum atomic E-state index is -3.46. The van der Waals surface area contributed by atoms with Gasteiger partial charge in [-0.15, -0.1) is 0 Å². The predicted molar refractivity (Wildman–Crippen MR) is 65.1 cm³/mol. The molecule has 0 saturated carbocycles. The van der Waals surface area contributed by atoms with Crippen molar-refractivity contribution < 1.29 is 13.2 Å². The molecular weight excluding hydrogens is 242 g/mol. The first-order valence-electron chi connectivity index (χ1n) is 5.12. The first-order valence-corrected chi connectivity index (χ1v) is 6.60. The number of primary amides is 1. The van der Waals surface area contributed by atoms with Crippen LogP contribution in [0.1, 0.15) is 13.3 Å². The Bertz CT molecular complexity index is 482. The van der Waals surface area contributed by atoms with E-state index >= 15 is 0 Å². The van der Waals surface area contributed by atoms with Gasteiger partial charge in [-0.2, -0.15) is 0 Å². The van der Waals surface area contributed by atoms with Gasteiger partial charge in [0.2, 0.25) is 10.0 Å². The van der Waals surface area contributed by atoms with Gasteiger partial charge in [-0.3, -0.25) is 0 Å². The van der Waals surface area contributed by atoms with Crippen molar-refractivity contribution in [2.24, 2.45) is 5.73 Å². The Hall–Kier alpha value is -1.60. The van der Waals surface area contributed by atoms with Crippen molar-refractivity contribution >= 4 is 21.7 Å². The highest BCUT2D eigenvalue weighted by Gasteiger charge is 2.12. The van der Waals surface area contributed by atoms with E-state index in [1.165, 1.54) is 24.3 Å². The summed E-state index contributed by atoms with van der Waals surface area (Å²) in [7, 11) is -3.46. The third kappa shape index (κ3) is 4.04. The Kier molecular flexibility index (Phi) is 4.47. The number of sulfonamides is 1. The lowest BCUT2D eigenvalue weighted by Gasteiger charge is -2.06. The summed E-state index contributed by atoms with van der Waals surface area (Å²) >= 11 is 0. The number of nitrogens with one attached hydrogen (secondary N) is 2. The van der Waals surface area contributed by atoms with Crippen LogP contribution in [0.15, 0.2) is 29.2 Å². The van der Waals surface area contributed by atoms with E-state index in [2.05, 4.69) is 10.0 Å².